The first-order valence-electron chi connectivity index (χ1n) is 5.63. The monoisotopic (exact) mass is 284 g/mol. The van der Waals surface area contributed by atoms with Gasteiger partial charge in [0.1, 0.15) is 6.04 Å². The quantitative estimate of drug-likeness (QED) is 0.317. The van der Waals surface area contributed by atoms with Gasteiger partial charge >= 0.3 is 5.97 Å². The van der Waals surface area contributed by atoms with Gasteiger partial charge in [-0.3, -0.25) is 9.79 Å². The molecule has 1 atom stereocenters. The smallest absolute Gasteiger partial charge is 0.326 e. The van der Waals surface area contributed by atoms with E-state index in [-0.39, 0.29) is 18.3 Å². The van der Waals surface area contributed by atoms with Crippen LogP contribution in [0.4, 0.5) is 0 Å². The molecule has 0 aliphatic carbocycles. The van der Waals surface area contributed by atoms with Crippen molar-refractivity contribution in [3.8, 4) is 0 Å². The SMILES string of the molecule is NC(N)=NCCC[C@H](NC(=O)c1cccs1)C(=O)O. The molecule has 0 bridgehead atoms. The summed E-state index contributed by atoms with van der Waals surface area (Å²) in [6.45, 7) is 0.334. The van der Waals surface area contributed by atoms with Crippen molar-refractivity contribution >= 4 is 29.2 Å². The van der Waals surface area contributed by atoms with E-state index >= 15 is 0 Å². The number of aliphatic imine (C=N–C) groups is 1. The molecule has 0 saturated carbocycles. The van der Waals surface area contributed by atoms with Crippen LogP contribution in [0.1, 0.15) is 22.5 Å². The maximum Gasteiger partial charge on any atom is 0.326 e. The number of carbonyl (C=O) groups excluding carboxylic acids is 1. The Labute approximate surface area is 114 Å². The van der Waals surface area contributed by atoms with Gasteiger partial charge in [-0.15, -0.1) is 11.3 Å². The molecular weight excluding hydrogens is 268 g/mol. The fourth-order valence-electron chi connectivity index (χ4n) is 1.40. The zero-order chi connectivity index (χ0) is 14.3. The summed E-state index contributed by atoms with van der Waals surface area (Å²) in [5, 5.41) is 13.3. The molecule has 0 unspecified atom stereocenters. The number of carbonyl (C=O) groups is 2. The summed E-state index contributed by atoms with van der Waals surface area (Å²) in [4.78, 5) is 27.0. The maximum atomic E-state index is 11.7. The first-order valence-corrected chi connectivity index (χ1v) is 6.51. The summed E-state index contributed by atoms with van der Waals surface area (Å²) >= 11 is 1.26. The average Bonchev–Trinajstić information content (AvgIpc) is 2.85. The Morgan fingerprint density at radius 1 is 1.47 bits per heavy atom. The van der Waals surface area contributed by atoms with Crippen LogP contribution in [0.2, 0.25) is 0 Å². The highest BCUT2D eigenvalue weighted by Crippen LogP contribution is 2.09. The number of amides is 1. The lowest BCUT2D eigenvalue weighted by Gasteiger charge is -2.13. The summed E-state index contributed by atoms with van der Waals surface area (Å²) in [6.07, 6.45) is 0.739. The second-order valence-electron chi connectivity index (χ2n) is 3.79. The van der Waals surface area contributed by atoms with Gasteiger partial charge in [0.15, 0.2) is 5.96 Å². The Balaban J connectivity index is 2.47. The van der Waals surface area contributed by atoms with E-state index in [0.717, 1.165) is 0 Å². The minimum atomic E-state index is -1.07. The molecule has 0 saturated heterocycles. The van der Waals surface area contributed by atoms with Crippen molar-refractivity contribution in [3.05, 3.63) is 22.4 Å². The predicted molar refractivity (Wildman–Crippen MR) is 73.1 cm³/mol. The topological polar surface area (TPSA) is 131 Å². The number of aliphatic carboxylic acids is 1. The summed E-state index contributed by atoms with van der Waals surface area (Å²) in [6, 6.07) is 2.43. The first kappa shape index (κ1) is 15.0. The normalized spacial score (nSPS) is 11.6. The molecule has 0 fully saturated rings. The molecule has 0 spiro atoms. The van der Waals surface area contributed by atoms with Crippen molar-refractivity contribution in [2.24, 2.45) is 16.5 Å². The predicted octanol–water partition coefficient (Wildman–Crippen LogP) is -0.0153. The molecule has 1 heterocycles. The molecule has 7 nitrogen and oxygen atoms in total. The Morgan fingerprint density at radius 2 is 2.21 bits per heavy atom. The van der Waals surface area contributed by atoms with Crippen LogP contribution in [0, 0.1) is 0 Å². The molecule has 1 aromatic rings. The van der Waals surface area contributed by atoms with Crippen molar-refractivity contribution in [2.75, 3.05) is 6.54 Å². The van der Waals surface area contributed by atoms with Crippen molar-refractivity contribution in [3.63, 3.8) is 0 Å². The Kier molecular flexibility index (Phi) is 5.80. The fourth-order valence-corrected chi connectivity index (χ4v) is 2.02. The zero-order valence-electron chi connectivity index (χ0n) is 10.2. The lowest BCUT2D eigenvalue weighted by atomic mass is 10.1. The maximum absolute atomic E-state index is 11.7. The van der Waals surface area contributed by atoms with Gasteiger partial charge in [-0.1, -0.05) is 6.07 Å². The van der Waals surface area contributed by atoms with Gasteiger partial charge in [0.05, 0.1) is 4.88 Å². The number of thiophene rings is 1. The van der Waals surface area contributed by atoms with E-state index in [1.54, 1.807) is 17.5 Å². The number of nitrogens with zero attached hydrogens (tertiary/aromatic N) is 1. The van der Waals surface area contributed by atoms with E-state index in [2.05, 4.69) is 10.3 Å². The molecular formula is C11H16N4O3S. The number of hydrogen-bond acceptors (Lipinski definition) is 4. The van der Waals surface area contributed by atoms with E-state index in [4.69, 9.17) is 16.6 Å². The van der Waals surface area contributed by atoms with Crippen LogP contribution in [0.5, 0.6) is 0 Å². The van der Waals surface area contributed by atoms with Gasteiger partial charge in [0, 0.05) is 6.54 Å². The van der Waals surface area contributed by atoms with Crippen molar-refractivity contribution in [1.82, 2.24) is 5.32 Å². The van der Waals surface area contributed by atoms with Gasteiger partial charge < -0.3 is 21.9 Å². The molecule has 8 heteroatoms. The van der Waals surface area contributed by atoms with Gasteiger partial charge in [0.2, 0.25) is 0 Å². The molecule has 0 aliphatic heterocycles. The third-order valence-corrected chi connectivity index (χ3v) is 3.16. The summed E-state index contributed by atoms with van der Waals surface area (Å²) in [5.74, 6) is -1.49. The van der Waals surface area contributed by atoms with Gasteiger partial charge in [0.25, 0.3) is 5.91 Å². The van der Waals surface area contributed by atoms with Crippen LogP contribution < -0.4 is 16.8 Å². The number of nitrogens with one attached hydrogen (secondary N) is 1. The minimum Gasteiger partial charge on any atom is -0.480 e. The van der Waals surface area contributed by atoms with E-state index in [0.29, 0.717) is 17.8 Å². The number of rotatable bonds is 7. The lowest BCUT2D eigenvalue weighted by molar-refractivity contribution is -0.139. The molecule has 0 aromatic carbocycles. The van der Waals surface area contributed by atoms with Crippen LogP contribution in [0.15, 0.2) is 22.5 Å². The third-order valence-electron chi connectivity index (χ3n) is 2.29. The highest BCUT2D eigenvalue weighted by molar-refractivity contribution is 7.12. The Hall–Kier alpha value is -2.09. The molecule has 1 aromatic heterocycles. The summed E-state index contributed by atoms with van der Waals surface area (Å²) < 4.78 is 0. The van der Waals surface area contributed by atoms with Crippen LogP contribution in [0.3, 0.4) is 0 Å². The highest BCUT2D eigenvalue weighted by Gasteiger charge is 2.20. The van der Waals surface area contributed by atoms with E-state index in [1.165, 1.54) is 11.3 Å². The molecule has 0 radical (unpaired) electrons. The number of carboxylic acid groups (broad SMARTS) is 1. The van der Waals surface area contributed by atoms with Crippen molar-refractivity contribution < 1.29 is 14.7 Å². The van der Waals surface area contributed by atoms with Gasteiger partial charge in [-0.2, -0.15) is 0 Å². The Morgan fingerprint density at radius 3 is 2.74 bits per heavy atom. The molecule has 104 valence electrons. The van der Waals surface area contributed by atoms with Crippen molar-refractivity contribution in [2.45, 2.75) is 18.9 Å². The average molecular weight is 284 g/mol. The standard InChI is InChI=1S/C11H16N4O3S/c12-11(13)14-5-1-3-7(10(17)18)15-9(16)8-4-2-6-19-8/h2,4,6-7H,1,3,5H2,(H,15,16)(H,17,18)(H4,12,13,14)/t7-/m0/s1. The van der Waals surface area contributed by atoms with Crippen LogP contribution in [-0.2, 0) is 4.79 Å². The number of nitrogens with two attached hydrogens (primary N) is 2. The fraction of sp³-hybridized carbons (Fsp3) is 0.364. The molecule has 1 rings (SSSR count). The summed E-state index contributed by atoms with van der Waals surface area (Å²) in [7, 11) is 0. The number of guanidine groups is 1. The summed E-state index contributed by atoms with van der Waals surface area (Å²) in [5.41, 5.74) is 10.3. The third kappa shape index (κ3) is 5.38. The van der Waals surface area contributed by atoms with E-state index < -0.39 is 12.0 Å². The molecule has 0 aliphatic rings. The second-order valence-corrected chi connectivity index (χ2v) is 4.74. The molecule has 6 N–H and O–H groups in total. The largest absolute Gasteiger partial charge is 0.480 e. The van der Waals surface area contributed by atoms with E-state index in [1.807, 2.05) is 0 Å². The lowest BCUT2D eigenvalue weighted by Crippen LogP contribution is -2.40. The van der Waals surface area contributed by atoms with Crippen LogP contribution in [0.25, 0.3) is 0 Å². The Bertz CT molecular complexity index is 455. The molecule has 19 heavy (non-hydrogen) atoms. The van der Waals surface area contributed by atoms with Gasteiger partial charge in [-0.25, -0.2) is 4.79 Å². The second kappa shape index (κ2) is 7.37. The van der Waals surface area contributed by atoms with Gasteiger partial charge in [-0.05, 0) is 24.3 Å². The molecule has 1 amide bonds. The van der Waals surface area contributed by atoms with Crippen LogP contribution in [-0.4, -0.2) is 35.5 Å². The van der Waals surface area contributed by atoms with Crippen LogP contribution >= 0.6 is 11.3 Å². The van der Waals surface area contributed by atoms with E-state index in [9.17, 15) is 9.59 Å². The number of hydrogen-bond donors (Lipinski definition) is 4. The first-order chi connectivity index (χ1) is 9.00. The van der Waals surface area contributed by atoms with Crippen molar-refractivity contribution in [1.29, 1.82) is 0 Å². The highest BCUT2D eigenvalue weighted by atomic mass is 32.1. The number of carboxylic acids is 1. The minimum absolute atomic E-state index is 0.0329. The zero-order valence-corrected chi connectivity index (χ0v) is 11.0.